The molecule has 0 unspecified atom stereocenters. The number of carbonyl (C=O) groups excluding carboxylic acids is 1. The van der Waals surface area contributed by atoms with Gasteiger partial charge >= 0.3 is 6.18 Å². The average Bonchev–Trinajstić information content (AvgIpc) is 3.17. The van der Waals surface area contributed by atoms with Gasteiger partial charge in [-0.05, 0) is 53.6 Å². The van der Waals surface area contributed by atoms with Crippen molar-refractivity contribution in [3.63, 3.8) is 0 Å². The molecule has 0 fully saturated rings. The van der Waals surface area contributed by atoms with E-state index in [1.165, 1.54) is 0 Å². The Kier molecular flexibility index (Phi) is 5.67. The third-order valence-electron chi connectivity index (χ3n) is 6.32. The highest BCUT2D eigenvalue weighted by Gasteiger charge is 2.34. The van der Waals surface area contributed by atoms with Crippen molar-refractivity contribution in [1.29, 1.82) is 0 Å². The van der Waals surface area contributed by atoms with Crippen LogP contribution in [0.5, 0.6) is 5.75 Å². The molecule has 1 heterocycles. The van der Waals surface area contributed by atoms with Crippen LogP contribution in [0.1, 0.15) is 21.5 Å². The van der Waals surface area contributed by atoms with Crippen molar-refractivity contribution in [2.45, 2.75) is 12.7 Å². The quantitative estimate of drug-likeness (QED) is 0.275. The minimum Gasteiger partial charge on any atom is -0.497 e. The number of nitrogens with zero attached hydrogens (tertiary/aromatic N) is 1. The monoisotopic (exact) mass is 492 g/mol. The summed E-state index contributed by atoms with van der Waals surface area (Å²) in [6.45, 7) is -0.393. The molecule has 1 aromatic heterocycles. The number of methoxy groups -OCH3 is 1. The molecule has 5 aromatic rings. The first kappa shape index (κ1) is 23.4. The summed E-state index contributed by atoms with van der Waals surface area (Å²) in [7, 11) is 1.56. The second-order valence-corrected chi connectivity index (χ2v) is 8.37. The number of ether oxygens (including phenoxy) is 1. The fourth-order valence-corrected chi connectivity index (χ4v) is 4.63. The van der Waals surface area contributed by atoms with Crippen LogP contribution in [0.25, 0.3) is 32.9 Å². The summed E-state index contributed by atoms with van der Waals surface area (Å²) in [5, 5.41) is 1.13. The van der Waals surface area contributed by atoms with Crippen LogP contribution < -0.4 is 10.5 Å². The standard InChI is InChI=1S/C28H20F4N2O2/c1-36-18-11-8-16(9-12-18)17-10-13-19-25(14-17)34(24-7-2-4-20(26(19)24)27(33)35)15-21-22(28(30,31)32)5-3-6-23(21)29/h2-14H,15H2,1H3,(H2,33,35). The number of halogens is 4. The maximum absolute atomic E-state index is 14.8. The van der Waals surface area contributed by atoms with Crippen LogP contribution in [0, 0.1) is 5.82 Å². The summed E-state index contributed by atoms with van der Waals surface area (Å²) in [6, 6.07) is 20.6. The van der Waals surface area contributed by atoms with E-state index in [0.29, 0.717) is 27.6 Å². The Hall–Kier alpha value is -4.33. The normalized spacial score (nSPS) is 11.8. The minimum atomic E-state index is -4.73. The van der Waals surface area contributed by atoms with Gasteiger partial charge in [-0.25, -0.2) is 4.39 Å². The number of carbonyl (C=O) groups is 1. The van der Waals surface area contributed by atoms with E-state index in [-0.39, 0.29) is 5.56 Å². The van der Waals surface area contributed by atoms with Crippen LogP contribution >= 0.6 is 0 Å². The lowest BCUT2D eigenvalue weighted by atomic mass is 10.0. The minimum absolute atomic E-state index is 0.234. The molecule has 0 aliphatic carbocycles. The number of amides is 1. The zero-order valence-corrected chi connectivity index (χ0v) is 19.1. The molecule has 0 bridgehead atoms. The Balaban J connectivity index is 1.80. The topological polar surface area (TPSA) is 57.2 Å². The molecule has 5 rings (SSSR count). The highest BCUT2D eigenvalue weighted by atomic mass is 19.4. The average molecular weight is 492 g/mol. The van der Waals surface area contributed by atoms with Crippen molar-refractivity contribution in [1.82, 2.24) is 4.57 Å². The first-order chi connectivity index (χ1) is 17.2. The van der Waals surface area contributed by atoms with Crippen LogP contribution in [0.3, 0.4) is 0 Å². The van der Waals surface area contributed by atoms with E-state index in [1.54, 1.807) is 48.1 Å². The molecule has 0 saturated carbocycles. The lowest BCUT2D eigenvalue weighted by molar-refractivity contribution is -0.138. The molecule has 36 heavy (non-hydrogen) atoms. The summed E-state index contributed by atoms with van der Waals surface area (Å²) in [4.78, 5) is 12.2. The van der Waals surface area contributed by atoms with E-state index >= 15 is 0 Å². The van der Waals surface area contributed by atoms with Gasteiger partial charge in [-0.1, -0.05) is 36.4 Å². The smallest absolute Gasteiger partial charge is 0.416 e. The zero-order chi connectivity index (χ0) is 25.6. The van der Waals surface area contributed by atoms with Gasteiger partial charge in [0.15, 0.2) is 0 Å². The molecule has 0 spiro atoms. The van der Waals surface area contributed by atoms with Crippen LogP contribution in [0.4, 0.5) is 17.6 Å². The summed E-state index contributed by atoms with van der Waals surface area (Å²) >= 11 is 0. The van der Waals surface area contributed by atoms with Crippen molar-refractivity contribution < 1.29 is 27.1 Å². The van der Waals surface area contributed by atoms with Crippen LogP contribution in [-0.2, 0) is 12.7 Å². The largest absolute Gasteiger partial charge is 0.497 e. The van der Waals surface area contributed by atoms with Crippen molar-refractivity contribution in [3.8, 4) is 16.9 Å². The Morgan fingerprint density at radius 3 is 2.28 bits per heavy atom. The molecule has 2 N–H and O–H groups in total. The number of nitrogens with two attached hydrogens (primary N) is 1. The lowest BCUT2D eigenvalue weighted by Crippen LogP contribution is -2.14. The van der Waals surface area contributed by atoms with Gasteiger partial charge in [0.25, 0.3) is 0 Å². The van der Waals surface area contributed by atoms with E-state index < -0.39 is 35.6 Å². The Bertz CT molecular complexity index is 1620. The van der Waals surface area contributed by atoms with E-state index in [2.05, 4.69) is 0 Å². The van der Waals surface area contributed by atoms with Crippen LogP contribution in [0.2, 0.25) is 0 Å². The Morgan fingerprint density at radius 2 is 1.61 bits per heavy atom. The van der Waals surface area contributed by atoms with Gasteiger partial charge in [0, 0.05) is 21.9 Å². The molecule has 0 atom stereocenters. The molecular weight excluding hydrogens is 472 g/mol. The summed E-state index contributed by atoms with van der Waals surface area (Å²) < 4.78 is 62.9. The predicted molar refractivity (Wildman–Crippen MR) is 130 cm³/mol. The Labute approximate surface area is 203 Å². The molecular formula is C28H20F4N2O2. The maximum atomic E-state index is 14.8. The fourth-order valence-electron chi connectivity index (χ4n) is 4.63. The van der Waals surface area contributed by atoms with E-state index in [9.17, 15) is 22.4 Å². The highest BCUT2D eigenvalue weighted by molar-refractivity contribution is 6.18. The van der Waals surface area contributed by atoms with Gasteiger partial charge in [-0.3, -0.25) is 4.79 Å². The molecule has 1 amide bonds. The SMILES string of the molecule is COc1ccc(-c2ccc3c4c(C(N)=O)cccc4n(Cc4c(F)cccc4C(F)(F)F)c3c2)cc1. The third kappa shape index (κ3) is 3.94. The second kappa shape index (κ2) is 8.71. The highest BCUT2D eigenvalue weighted by Crippen LogP contribution is 2.38. The number of benzene rings is 4. The van der Waals surface area contributed by atoms with Gasteiger partial charge < -0.3 is 15.0 Å². The molecule has 182 valence electrons. The number of hydrogen-bond acceptors (Lipinski definition) is 2. The van der Waals surface area contributed by atoms with Gasteiger partial charge in [0.1, 0.15) is 11.6 Å². The number of alkyl halides is 3. The van der Waals surface area contributed by atoms with Gasteiger partial charge in [0.2, 0.25) is 5.91 Å². The molecule has 4 nitrogen and oxygen atoms in total. The number of aromatic nitrogens is 1. The number of primary amides is 1. The fraction of sp³-hybridized carbons (Fsp3) is 0.107. The predicted octanol–water partition coefficient (Wildman–Crippen LogP) is 6.78. The summed E-state index contributed by atoms with van der Waals surface area (Å²) in [5.41, 5.74) is 6.99. The van der Waals surface area contributed by atoms with E-state index in [1.807, 2.05) is 24.3 Å². The van der Waals surface area contributed by atoms with Crippen molar-refractivity contribution in [2.24, 2.45) is 5.73 Å². The van der Waals surface area contributed by atoms with Crippen LogP contribution in [0.15, 0.2) is 78.9 Å². The molecule has 0 aliphatic rings. The zero-order valence-electron chi connectivity index (χ0n) is 19.1. The number of hydrogen-bond donors (Lipinski definition) is 1. The first-order valence-electron chi connectivity index (χ1n) is 11.0. The maximum Gasteiger partial charge on any atom is 0.416 e. The summed E-state index contributed by atoms with van der Waals surface area (Å²) in [5.74, 6) is -0.947. The first-order valence-corrected chi connectivity index (χ1v) is 11.0. The molecule has 0 saturated heterocycles. The second-order valence-electron chi connectivity index (χ2n) is 8.37. The van der Waals surface area contributed by atoms with Gasteiger partial charge in [0.05, 0.1) is 30.3 Å². The van der Waals surface area contributed by atoms with Crippen LogP contribution in [-0.4, -0.2) is 17.6 Å². The van der Waals surface area contributed by atoms with Crippen molar-refractivity contribution in [3.05, 3.63) is 101 Å². The van der Waals surface area contributed by atoms with Gasteiger partial charge in [-0.2, -0.15) is 13.2 Å². The summed E-state index contributed by atoms with van der Waals surface area (Å²) in [6.07, 6.45) is -4.73. The number of rotatable bonds is 5. The molecule has 4 aromatic carbocycles. The van der Waals surface area contributed by atoms with Gasteiger partial charge in [-0.15, -0.1) is 0 Å². The number of fused-ring (bicyclic) bond motifs is 3. The molecule has 8 heteroatoms. The lowest BCUT2D eigenvalue weighted by Gasteiger charge is -2.16. The van der Waals surface area contributed by atoms with Crippen molar-refractivity contribution >= 4 is 27.7 Å². The molecule has 0 radical (unpaired) electrons. The van der Waals surface area contributed by atoms with E-state index in [0.717, 1.165) is 29.3 Å². The Morgan fingerprint density at radius 1 is 0.917 bits per heavy atom. The third-order valence-corrected chi connectivity index (χ3v) is 6.32. The van der Waals surface area contributed by atoms with E-state index in [4.69, 9.17) is 10.5 Å². The van der Waals surface area contributed by atoms with Crippen molar-refractivity contribution in [2.75, 3.05) is 7.11 Å². The molecule has 0 aliphatic heterocycles.